The standard InChI is InChI=1S/C64H64N3O.C61H64N3O.2Pt/c1-61(2,3)48-29-30-56(52(38-48)42-23-17-14-18-24-42)67-57-28-20-27-51(58(57)66-60(67)53-39-50(63(7,8)9)40-54(59(53)68)64(10,11)12)46-34-47(36-49(35-46)62(4,5)6)55-37-45(31-32-65-55)44-26-19-25-43(33-44)41-21-15-13-16-22-41;1-39-23-26-42(27-24-39)44-29-30-62-53(36-44)46-33-45(34-47(35-46)59(2,3)4)49-21-16-22-55-56(49)63-58(51-37-48(60(5,6)7)38-52(57(51)65)61(8,9)10)64(55)54-28-25-41(31-40-17-14-15-18-40)32-50(54)43-19-12-11-13-20-43;;/h13-33,35-40,68H,1-12H3;11-13,16,19-30,32,34-38,40,65H,14-15,17-18,31H2,1-10H3;;/q2*-1;;/i;1D3,31D2;;. The fourth-order valence-corrected chi connectivity index (χ4v) is 18.4. The van der Waals surface area contributed by atoms with Crippen molar-refractivity contribution in [2.24, 2.45) is 5.92 Å². The Morgan fingerprint density at radius 2 is 0.689 bits per heavy atom. The minimum Gasteiger partial charge on any atom is -0.507 e. The molecule has 10 heteroatoms. The molecule has 1 saturated carbocycles. The zero-order valence-corrected chi connectivity index (χ0v) is 86.5. The average molecular weight is 2140 g/mol. The van der Waals surface area contributed by atoms with Crippen LogP contribution in [0, 0.1) is 24.9 Å². The van der Waals surface area contributed by atoms with E-state index in [4.69, 9.17) is 24.0 Å². The molecule has 0 spiro atoms. The second kappa shape index (κ2) is 38.3. The molecule has 0 atom stereocenters. The third-order valence-electron chi connectivity index (χ3n) is 26.3. The molecule has 1 aliphatic rings. The Kier molecular flexibility index (Phi) is 25.8. The molecule has 1 aliphatic carbocycles. The number of aryl methyl sites for hydroxylation is 1. The molecule has 1 fully saturated rings. The van der Waals surface area contributed by atoms with Crippen molar-refractivity contribution in [2.45, 2.75) is 222 Å². The monoisotopic (exact) mass is 2140 g/mol. The molecule has 17 aromatic rings. The van der Waals surface area contributed by atoms with Crippen LogP contribution >= 0.6 is 0 Å². The minimum atomic E-state index is -2.19. The summed E-state index contributed by atoms with van der Waals surface area (Å²) in [5.74, 6) is 1.63. The maximum atomic E-state index is 12.6. The number of aromatic nitrogens is 6. The number of phenols is 2. The third kappa shape index (κ3) is 20.8. The van der Waals surface area contributed by atoms with Crippen molar-refractivity contribution in [3.05, 3.63) is 360 Å². The minimum absolute atomic E-state index is 0. The van der Waals surface area contributed by atoms with Crippen LogP contribution in [0.25, 0.3) is 157 Å². The molecule has 4 aromatic heterocycles. The van der Waals surface area contributed by atoms with Gasteiger partial charge in [-0.3, -0.25) is 19.1 Å². The Morgan fingerprint density at radius 3 is 1.12 bits per heavy atom. The van der Waals surface area contributed by atoms with Crippen LogP contribution in [0.1, 0.15) is 228 Å². The van der Waals surface area contributed by atoms with Crippen LogP contribution in [-0.2, 0) is 86.4 Å². The summed E-state index contributed by atoms with van der Waals surface area (Å²) in [6.07, 6.45) is 5.99. The van der Waals surface area contributed by atoms with E-state index in [-0.39, 0.29) is 92.0 Å². The van der Waals surface area contributed by atoms with Crippen molar-refractivity contribution in [2.75, 3.05) is 0 Å². The van der Waals surface area contributed by atoms with Crippen molar-refractivity contribution in [1.29, 1.82) is 0 Å². The Labute approximate surface area is 837 Å². The number of phenolic OH excluding ortho intramolecular Hbond substituents is 2. The Morgan fingerprint density at radius 1 is 0.326 bits per heavy atom. The first kappa shape index (κ1) is 90.9. The number of pyridine rings is 2. The largest absolute Gasteiger partial charge is 0.507 e. The van der Waals surface area contributed by atoms with Crippen LogP contribution in [0.15, 0.2) is 298 Å². The van der Waals surface area contributed by atoms with Crippen LogP contribution in [0.2, 0.25) is 0 Å². The van der Waals surface area contributed by atoms with E-state index in [1.807, 2.05) is 60.8 Å². The fourth-order valence-electron chi connectivity index (χ4n) is 18.4. The summed E-state index contributed by atoms with van der Waals surface area (Å²) in [5.41, 5.74) is 30.4. The number of imidazole rings is 2. The first-order chi connectivity index (χ1) is 65.0. The summed E-state index contributed by atoms with van der Waals surface area (Å²) in [7, 11) is 0. The van der Waals surface area contributed by atoms with Gasteiger partial charge in [0, 0.05) is 95.0 Å². The van der Waals surface area contributed by atoms with E-state index in [1.54, 1.807) is 18.3 Å². The maximum absolute atomic E-state index is 12.6. The molecule has 0 bridgehead atoms. The van der Waals surface area contributed by atoms with Crippen molar-refractivity contribution in [3.8, 4) is 146 Å². The van der Waals surface area contributed by atoms with Crippen molar-refractivity contribution >= 4 is 22.1 Å². The number of hydrogen-bond donors (Lipinski definition) is 2. The average Bonchev–Trinajstić information content (AvgIpc) is 1.57. The summed E-state index contributed by atoms with van der Waals surface area (Å²) in [4.78, 5) is 21.2. The number of hydrogen-bond acceptors (Lipinski definition) is 6. The van der Waals surface area contributed by atoms with Gasteiger partial charge in [0.15, 0.2) is 0 Å². The summed E-state index contributed by atoms with van der Waals surface area (Å²) in [6, 6.07) is 106. The van der Waals surface area contributed by atoms with Gasteiger partial charge < -0.3 is 10.2 Å². The molecule has 2 N–H and O–H groups in total. The molecular weight excluding hydrogens is 2010 g/mol. The van der Waals surface area contributed by atoms with Crippen molar-refractivity contribution < 1.29 is 59.2 Å². The normalized spacial score (nSPS) is 13.7. The van der Waals surface area contributed by atoms with Crippen molar-refractivity contribution in [3.63, 3.8) is 0 Å². The van der Waals surface area contributed by atoms with Gasteiger partial charge in [0.25, 0.3) is 0 Å². The van der Waals surface area contributed by atoms with Crippen LogP contribution in [0.3, 0.4) is 0 Å². The van der Waals surface area contributed by atoms with Gasteiger partial charge in [-0.2, -0.15) is 0 Å². The van der Waals surface area contributed by atoms with Crippen LogP contribution in [0.5, 0.6) is 11.5 Å². The zero-order chi connectivity index (χ0) is 98.5. The number of rotatable bonds is 15. The van der Waals surface area contributed by atoms with Gasteiger partial charge in [0.1, 0.15) is 23.1 Å². The molecule has 0 aliphatic heterocycles. The van der Waals surface area contributed by atoms with Crippen LogP contribution in [0.4, 0.5) is 0 Å². The molecule has 0 unspecified atom stereocenters. The Hall–Kier alpha value is -11.9. The molecule has 692 valence electrons. The van der Waals surface area contributed by atoms with Gasteiger partial charge in [0.05, 0.1) is 44.6 Å². The van der Waals surface area contributed by atoms with Gasteiger partial charge in [-0.15, -0.1) is 58.7 Å². The zero-order valence-electron chi connectivity index (χ0n) is 86.9. The second-order valence-corrected chi connectivity index (χ2v) is 43.6. The van der Waals surface area contributed by atoms with E-state index in [1.165, 1.54) is 22.3 Å². The smallest absolute Gasteiger partial charge is 0.148 e. The molecule has 4 heterocycles. The van der Waals surface area contributed by atoms with Crippen molar-refractivity contribution in [1.82, 2.24) is 29.1 Å². The van der Waals surface area contributed by atoms with Gasteiger partial charge in [0.2, 0.25) is 0 Å². The van der Waals surface area contributed by atoms with E-state index >= 15 is 0 Å². The molecule has 18 rings (SSSR count). The first-order valence-electron chi connectivity index (χ1n) is 49.6. The predicted octanol–water partition coefficient (Wildman–Crippen LogP) is 33.3. The van der Waals surface area contributed by atoms with E-state index in [0.717, 1.165) is 176 Å². The Bertz CT molecular complexity index is 7450. The topological polar surface area (TPSA) is 102 Å². The third-order valence-corrected chi connectivity index (χ3v) is 26.3. The van der Waals surface area contributed by atoms with E-state index in [9.17, 15) is 13.0 Å². The quantitative estimate of drug-likeness (QED) is 0.0992. The maximum Gasteiger partial charge on any atom is 0.148 e. The number of benzene rings is 13. The second-order valence-electron chi connectivity index (χ2n) is 43.6. The fraction of sp³-hybridized carbons (Fsp3) is 0.280. The molecule has 0 radical (unpaired) electrons. The summed E-state index contributed by atoms with van der Waals surface area (Å²) in [6.45, 7) is 44.1. The number of aromatic hydroxyl groups is 2. The van der Waals surface area contributed by atoms with Gasteiger partial charge >= 0.3 is 0 Å². The van der Waals surface area contributed by atoms with Crippen LogP contribution < -0.4 is 0 Å². The molecule has 0 saturated heterocycles. The van der Waals surface area contributed by atoms with E-state index in [2.05, 4.69) is 385 Å². The predicted molar refractivity (Wildman–Crippen MR) is 560 cm³/mol. The molecular formula is C125H128N6O2Pt2-2. The van der Waals surface area contributed by atoms with Crippen LogP contribution in [-0.4, -0.2) is 39.3 Å². The van der Waals surface area contributed by atoms with Gasteiger partial charge in [-0.25, -0.2) is 9.97 Å². The molecule has 13 aromatic carbocycles. The molecule has 0 amide bonds. The van der Waals surface area contributed by atoms with E-state index < -0.39 is 18.6 Å². The molecule has 8 nitrogen and oxygen atoms in total. The van der Waals surface area contributed by atoms with Gasteiger partial charge in [-0.05, 0) is 191 Å². The number of para-hydroxylation sites is 2. The first-order valence-corrected chi connectivity index (χ1v) is 47.1. The van der Waals surface area contributed by atoms with E-state index in [0.29, 0.717) is 33.9 Å². The summed E-state index contributed by atoms with van der Waals surface area (Å²) < 4.78 is 47.1. The summed E-state index contributed by atoms with van der Waals surface area (Å²) in [5, 5.41) is 25.2. The number of fused-ring (bicyclic) bond motifs is 2. The SMILES string of the molecule is CC(C)(C)c1cc(-c2cc(-c3cccc(-c4ccccc4)c3)ccn2)[c-]c(-c2cccc3c2nc(-c2cc(C(C)(C)C)cc(C(C)(C)C)c2O)n3-c2ccc(C(C)(C)C)cc2-c2ccccc2)c1.[2H]C([2H])([2H])c1ccc(-c2ccnc(-c3[c-]c(-c4cccc5c4nc(-c4cc(C(C)(C)C)cc(C(C)(C)C)c4O)n5-c4ccc(C([2H])([2H])C5CCCC5)cc4-c4ccccc4)cc(C(C)(C)C)c3)c2)cc1.[Pt].[Pt]. The number of nitrogens with zero attached hydrogens (tertiary/aromatic N) is 6. The Balaban J connectivity index is 0.000000209. The van der Waals surface area contributed by atoms with Gasteiger partial charge in [-0.1, -0.05) is 393 Å². The summed E-state index contributed by atoms with van der Waals surface area (Å²) >= 11 is 0. The molecule has 135 heavy (non-hydrogen) atoms.